The molecular formula is C28H27ClN2. The van der Waals surface area contributed by atoms with E-state index in [1.807, 2.05) is 42.6 Å². The first kappa shape index (κ1) is 21.4. The van der Waals surface area contributed by atoms with Gasteiger partial charge >= 0.3 is 0 Å². The Balaban J connectivity index is 1.43. The third-order valence-electron chi connectivity index (χ3n) is 6.27. The molecule has 3 heteroatoms. The van der Waals surface area contributed by atoms with E-state index in [1.165, 1.54) is 24.0 Å². The predicted octanol–water partition coefficient (Wildman–Crippen LogP) is 6.59. The molecule has 1 saturated carbocycles. The average Bonchev–Trinajstić information content (AvgIpc) is 3.60. The van der Waals surface area contributed by atoms with E-state index < -0.39 is 0 Å². The summed E-state index contributed by atoms with van der Waals surface area (Å²) in [6, 6.07) is 20.2. The van der Waals surface area contributed by atoms with Gasteiger partial charge in [-0.1, -0.05) is 60.9 Å². The first-order valence-corrected chi connectivity index (χ1v) is 11.1. The van der Waals surface area contributed by atoms with Crippen molar-refractivity contribution >= 4 is 17.2 Å². The summed E-state index contributed by atoms with van der Waals surface area (Å²) in [5.74, 6) is 6.91. The molecule has 1 aromatic heterocycles. The SMILES string of the molecule is CNC1([C@H](C)C=C(C)c2ccc(C#Cc3ccc(-c4ccc(Cl)cc4)cn3)cc2)CC1. The first-order chi connectivity index (χ1) is 15.0. The van der Waals surface area contributed by atoms with Gasteiger partial charge in [0.1, 0.15) is 5.69 Å². The lowest BCUT2D eigenvalue weighted by Gasteiger charge is -2.20. The fourth-order valence-electron chi connectivity index (χ4n) is 3.93. The Morgan fingerprint density at radius 2 is 1.68 bits per heavy atom. The number of hydrogen-bond acceptors (Lipinski definition) is 2. The lowest BCUT2D eigenvalue weighted by atomic mass is 9.94. The summed E-state index contributed by atoms with van der Waals surface area (Å²) in [4.78, 5) is 4.49. The third kappa shape index (κ3) is 5.07. The molecule has 0 aliphatic heterocycles. The Morgan fingerprint density at radius 3 is 2.26 bits per heavy atom. The second kappa shape index (κ2) is 9.10. The van der Waals surface area contributed by atoms with E-state index in [4.69, 9.17) is 11.6 Å². The van der Waals surface area contributed by atoms with E-state index in [0.717, 1.165) is 27.4 Å². The van der Waals surface area contributed by atoms with Gasteiger partial charge in [-0.05, 0) is 85.7 Å². The van der Waals surface area contributed by atoms with Crippen LogP contribution in [0.2, 0.25) is 5.02 Å². The summed E-state index contributed by atoms with van der Waals surface area (Å²) in [6.07, 6.45) is 6.76. The molecule has 31 heavy (non-hydrogen) atoms. The number of rotatable bonds is 5. The van der Waals surface area contributed by atoms with Gasteiger partial charge in [-0.2, -0.15) is 0 Å². The Morgan fingerprint density at radius 1 is 1.00 bits per heavy atom. The molecule has 156 valence electrons. The van der Waals surface area contributed by atoms with Crippen LogP contribution in [-0.4, -0.2) is 17.6 Å². The van der Waals surface area contributed by atoms with Crippen molar-refractivity contribution in [2.45, 2.75) is 32.2 Å². The normalized spacial score (nSPS) is 15.7. The largest absolute Gasteiger partial charge is 0.314 e. The van der Waals surface area contributed by atoms with Crippen LogP contribution in [0.3, 0.4) is 0 Å². The highest BCUT2D eigenvalue weighted by molar-refractivity contribution is 6.30. The second-order valence-electron chi connectivity index (χ2n) is 8.31. The highest BCUT2D eigenvalue weighted by atomic mass is 35.5. The molecule has 1 fully saturated rings. The summed E-state index contributed by atoms with van der Waals surface area (Å²) < 4.78 is 0. The van der Waals surface area contributed by atoms with E-state index in [9.17, 15) is 0 Å². The van der Waals surface area contributed by atoms with Gasteiger partial charge < -0.3 is 5.32 Å². The zero-order valence-electron chi connectivity index (χ0n) is 18.2. The molecule has 1 aliphatic rings. The van der Waals surface area contributed by atoms with Crippen LogP contribution < -0.4 is 5.32 Å². The molecule has 0 spiro atoms. The molecule has 1 N–H and O–H groups in total. The van der Waals surface area contributed by atoms with Crippen LogP contribution in [0.5, 0.6) is 0 Å². The zero-order chi connectivity index (χ0) is 21.8. The van der Waals surface area contributed by atoms with Gasteiger partial charge in [0.2, 0.25) is 0 Å². The maximum atomic E-state index is 5.96. The number of nitrogens with zero attached hydrogens (tertiary/aromatic N) is 1. The van der Waals surface area contributed by atoms with Crippen molar-refractivity contribution in [1.82, 2.24) is 10.3 Å². The molecular weight excluding hydrogens is 400 g/mol. The van der Waals surface area contributed by atoms with Gasteiger partial charge in [0.05, 0.1) is 0 Å². The van der Waals surface area contributed by atoms with Crippen molar-refractivity contribution in [2.75, 3.05) is 7.05 Å². The molecule has 0 amide bonds. The molecule has 0 unspecified atom stereocenters. The van der Waals surface area contributed by atoms with Crippen LogP contribution in [0.4, 0.5) is 0 Å². The highest BCUT2D eigenvalue weighted by Crippen LogP contribution is 2.43. The van der Waals surface area contributed by atoms with Crippen LogP contribution in [0.1, 0.15) is 43.5 Å². The maximum absolute atomic E-state index is 5.96. The number of nitrogens with one attached hydrogen (secondary N) is 1. The molecule has 0 saturated heterocycles. The van der Waals surface area contributed by atoms with Crippen molar-refractivity contribution in [3.05, 3.63) is 94.8 Å². The van der Waals surface area contributed by atoms with Gasteiger partial charge in [0, 0.05) is 27.9 Å². The average molecular weight is 427 g/mol. The third-order valence-corrected chi connectivity index (χ3v) is 6.53. The van der Waals surface area contributed by atoms with E-state index in [2.05, 4.69) is 73.4 Å². The summed E-state index contributed by atoms with van der Waals surface area (Å²) in [6.45, 7) is 4.49. The van der Waals surface area contributed by atoms with E-state index >= 15 is 0 Å². The lowest BCUT2D eigenvalue weighted by molar-refractivity contribution is 0.445. The summed E-state index contributed by atoms with van der Waals surface area (Å²) in [5.41, 5.74) is 6.75. The van der Waals surface area contributed by atoms with Crippen molar-refractivity contribution in [3.8, 4) is 23.0 Å². The number of allylic oxidation sites excluding steroid dienone is 1. The fraction of sp³-hybridized carbons (Fsp3) is 0.250. The topological polar surface area (TPSA) is 24.9 Å². The number of halogens is 1. The summed E-state index contributed by atoms with van der Waals surface area (Å²) >= 11 is 5.96. The molecule has 2 nitrogen and oxygen atoms in total. The summed E-state index contributed by atoms with van der Waals surface area (Å²) in [7, 11) is 2.07. The molecule has 4 rings (SSSR count). The van der Waals surface area contributed by atoms with Crippen molar-refractivity contribution in [1.29, 1.82) is 0 Å². The smallest absolute Gasteiger partial charge is 0.113 e. The Hall–Kier alpha value is -2.86. The van der Waals surface area contributed by atoms with Crippen molar-refractivity contribution in [3.63, 3.8) is 0 Å². The van der Waals surface area contributed by atoms with Crippen LogP contribution in [0.15, 0.2) is 72.9 Å². The molecule has 1 atom stereocenters. The van der Waals surface area contributed by atoms with Crippen LogP contribution in [0, 0.1) is 17.8 Å². The highest BCUT2D eigenvalue weighted by Gasteiger charge is 2.44. The molecule has 1 aliphatic carbocycles. The number of benzene rings is 2. The molecule has 1 heterocycles. The minimum atomic E-state index is 0.308. The van der Waals surface area contributed by atoms with Crippen LogP contribution in [-0.2, 0) is 0 Å². The zero-order valence-corrected chi connectivity index (χ0v) is 19.0. The predicted molar refractivity (Wildman–Crippen MR) is 131 cm³/mol. The first-order valence-electron chi connectivity index (χ1n) is 10.7. The quantitative estimate of drug-likeness (QED) is 0.465. The van der Waals surface area contributed by atoms with Gasteiger partial charge in [-0.25, -0.2) is 4.98 Å². The molecule has 0 radical (unpaired) electrons. The maximum Gasteiger partial charge on any atom is 0.113 e. The molecule has 2 aromatic carbocycles. The Labute approximate surface area is 190 Å². The van der Waals surface area contributed by atoms with Crippen LogP contribution in [0.25, 0.3) is 16.7 Å². The molecule has 0 bridgehead atoms. The number of aromatic nitrogens is 1. The molecule has 3 aromatic rings. The number of hydrogen-bond donors (Lipinski definition) is 1. The Bertz CT molecular complexity index is 1130. The van der Waals surface area contributed by atoms with Crippen molar-refractivity contribution < 1.29 is 0 Å². The van der Waals surface area contributed by atoms with E-state index in [-0.39, 0.29) is 0 Å². The Kier molecular flexibility index (Phi) is 6.28. The lowest BCUT2D eigenvalue weighted by Crippen LogP contribution is -2.33. The van der Waals surface area contributed by atoms with E-state index in [1.54, 1.807) is 0 Å². The van der Waals surface area contributed by atoms with Gasteiger partial charge in [0.15, 0.2) is 0 Å². The van der Waals surface area contributed by atoms with Gasteiger partial charge in [0.25, 0.3) is 0 Å². The minimum Gasteiger partial charge on any atom is -0.314 e. The van der Waals surface area contributed by atoms with E-state index in [0.29, 0.717) is 11.5 Å². The summed E-state index contributed by atoms with van der Waals surface area (Å²) in [5, 5.41) is 4.22. The van der Waals surface area contributed by atoms with Crippen LogP contribution >= 0.6 is 11.6 Å². The monoisotopic (exact) mass is 426 g/mol. The second-order valence-corrected chi connectivity index (χ2v) is 8.75. The van der Waals surface area contributed by atoms with Crippen molar-refractivity contribution in [2.24, 2.45) is 5.92 Å². The van der Waals surface area contributed by atoms with Gasteiger partial charge in [-0.15, -0.1) is 0 Å². The minimum absolute atomic E-state index is 0.308. The number of pyridine rings is 1. The standard InChI is InChI=1S/C28H27ClN2/c1-20(18-21(2)28(30-3)16-17-28)23-7-4-22(5-8-23)6-14-27-15-11-25(19-31-27)24-9-12-26(29)13-10-24/h4-5,7-13,15,18-19,21,30H,16-17H2,1-3H3/t21-/m1/s1. The fourth-order valence-corrected chi connectivity index (χ4v) is 4.06. The van der Waals surface area contributed by atoms with Gasteiger partial charge in [-0.3, -0.25) is 0 Å².